The lowest BCUT2D eigenvalue weighted by Gasteiger charge is -2.10. The molecule has 1 N–H and O–H groups in total. The predicted molar refractivity (Wildman–Crippen MR) is 64.8 cm³/mol. The van der Waals surface area contributed by atoms with Crippen molar-refractivity contribution < 1.29 is 14.2 Å². The summed E-state index contributed by atoms with van der Waals surface area (Å²) in [6, 6.07) is 6.28. The number of aliphatic hydroxyl groups excluding tert-OH is 1. The number of hydrogen-bond donors (Lipinski definition) is 1. The molecule has 0 amide bonds. The molecule has 0 aliphatic rings. The van der Waals surface area contributed by atoms with Crippen LogP contribution in [-0.2, 0) is 6.54 Å². The Morgan fingerprint density at radius 2 is 2.33 bits per heavy atom. The second kappa shape index (κ2) is 5.64. The van der Waals surface area contributed by atoms with Crippen molar-refractivity contribution in [2.24, 2.45) is 0 Å². The van der Waals surface area contributed by atoms with Gasteiger partial charge in [-0.3, -0.25) is 4.68 Å². The molecule has 2 rings (SSSR count). The number of ether oxygens (including phenoxy) is 1. The minimum absolute atomic E-state index is 0.187. The maximum absolute atomic E-state index is 13.6. The van der Waals surface area contributed by atoms with E-state index in [1.54, 1.807) is 23.9 Å². The van der Waals surface area contributed by atoms with Crippen molar-refractivity contribution in [3.63, 3.8) is 0 Å². The highest BCUT2D eigenvalue weighted by Gasteiger charge is 2.07. The van der Waals surface area contributed by atoms with Crippen LogP contribution in [0.25, 0.3) is 0 Å². The van der Waals surface area contributed by atoms with Crippen molar-refractivity contribution in [1.82, 2.24) is 9.78 Å². The second-order valence-electron chi connectivity index (χ2n) is 3.98. The number of aliphatic hydroxyl groups is 1. The summed E-state index contributed by atoms with van der Waals surface area (Å²) in [7, 11) is 0. The molecule has 5 heteroatoms. The van der Waals surface area contributed by atoms with Crippen LogP contribution in [0.5, 0.6) is 5.75 Å². The van der Waals surface area contributed by atoms with Crippen molar-refractivity contribution in [3.8, 4) is 5.75 Å². The molecule has 0 saturated heterocycles. The van der Waals surface area contributed by atoms with Gasteiger partial charge in [0.05, 0.1) is 12.6 Å². The monoisotopic (exact) mass is 250 g/mol. The molecule has 0 aliphatic heterocycles. The highest BCUT2D eigenvalue weighted by molar-refractivity contribution is 5.30. The molecular weight excluding hydrogens is 235 g/mol. The summed E-state index contributed by atoms with van der Waals surface area (Å²) >= 11 is 0. The van der Waals surface area contributed by atoms with E-state index in [0.29, 0.717) is 18.7 Å². The third kappa shape index (κ3) is 3.07. The van der Waals surface area contributed by atoms with Crippen molar-refractivity contribution in [3.05, 3.63) is 48.0 Å². The fourth-order valence-electron chi connectivity index (χ4n) is 1.58. The molecule has 18 heavy (non-hydrogen) atoms. The van der Waals surface area contributed by atoms with Crippen LogP contribution in [0.2, 0.25) is 0 Å². The molecule has 1 heterocycles. The molecule has 0 bridgehead atoms. The van der Waals surface area contributed by atoms with Gasteiger partial charge in [-0.25, -0.2) is 4.39 Å². The lowest BCUT2D eigenvalue weighted by atomic mass is 10.1. The zero-order chi connectivity index (χ0) is 13.0. The van der Waals surface area contributed by atoms with Gasteiger partial charge in [0.1, 0.15) is 6.61 Å². The van der Waals surface area contributed by atoms with Gasteiger partial charge in [-0.1, -0.05) is 6.07 Å². The third-order valence-corrected chi connectivity index (χ3v) is 2.58. The van der Waals surface area contributed by atoms with E-state index in [4.69, 9.17) is 4.74 Å². The molecule has 2 aromatic rings. The average Bonchev–Trinajstić information content (AvgIpc) is 2.84. The van der Waals surface area contributed by atoms with Crippen LogP contribution in [0.1, 0.15) is 18.6 Å². The van der Waals surface area contributed by atoms with Crippen LogP contribution in [0, 0.1) is 5.82 Å². The maximum Gasteiger partial charge on any atom is 0.165 e. The molecule has 4 nitrogen and oxygen atoms in total. The van der Waals surface area contributed by atoms with E-state index in [9.17, 15) is 9.50 Å². The standard InChI is InChI=1S/C13H15FN2O2/c1-10(17)11-3-4-13(12(14)9-11)18-8-7-16-6-2-5-15-16/h2-6,9-10,17H,7-8H2,1H3/t10-/m1/s1. The number of nitrogens with zero attached hydrogens (tertiary/aromatic N) is 2. The van der Waals surface area contributed by atoms with Gasteiger partial charge in [-0.2, -0.15) is 5.10 Å². The molecule has 1 atom stereocenters. The normalized spacial score (nSPS) is 12.4. The summed E-state index contributed by atoms with van der Waals surface area (Å²) in [5, 5.41) is 13.3. The average molecular weight is 250 g/mol. The van der Waals surface area contributed by atoms with Crippen LogP contribution >= 0.6 is 0 Å². The van der Waals surface area contributed by atoms with Gasteiger partial charge in [0.15, 0.2) is 11.6 Å². The van der Waals surface area contributed by atoms with Gasteiger partial charge in [-0.15, -0.1) is 0 Å². The molecule has 1 aromatic heterocycles. The molecular formula is C13H15FN2O2. The lowest BCUT2D eigenvalue weighted by Crippen LogP contribution is -2.09. The highest BCUT2D eigenvalue weighted by atomic mass is 19.1. The van der Waals surface area contributed by atoms with Gasteiger partial charge >= 0.3 is 0 Å². The Balaban J connectivity index is 1.93. The first-order chi connectivity index (χ1) is 8.66. The van der Waals surface area contributed by atoms with Crippen LogP contribution < -0.4 is 4.74 Å². The van der Waals surface area contributed by atoms with Gasteiger partial charge in [0.25, 0.3) is 0 Å². The smallest absolute Gasteiger partial charge is 0.165 e. The minimum Gasteiger partial charge on any atom is -0.489 e. The van der Waals surface area contributed by atoms with E-state index in [1.165, 1.54) is 12.1 Å². The molecule has 0 fully saturated rings. The van der Waals surface area contributed by atoms with E-state index in [0.717, 1.165) is 0 Å². The number of benzene rings is 1. The van der Waals surface area contributed by atoms with Crippen molar-refractivity contribution >= 4 is 0 Å². The first kappa shape index (κ1) is 12.6. The molecule has 1 aromatic carbocycles. The Morgan fingerprint density at radius 3 is 2.94 bits per heavy atom. The van der Waals surface area contributed by atoms with E-state index >= 15 is 0 Å². The van der Waals surface area contributed by atoms with Crippen LogP contribution in [-0.4, -0.2) is 21.5 Å². The Morgan fingerprint density at radius 1 is 1.50 bits per heavy atom. The van der Waals surface area contributed by atoms with Crippen LogP contribution in [0.4, 0.5) is 4.39 Å². The number of rotatable bonds is 5. The van der Waals surface area contributed by atoms with Crippen LogP contribution in [0.15, 0.2) is 36.7 Å². The Hall–Kier alpha value is -1.88. The van der Waals surface area contributed by atoms with E-state index in [2.05, 4.69) is 5.10 Å². The summed E-state index contributed by atoms with van der Waals surface area (Å²) in [6.07, 6.45) is 2.81. The predicted octanol–water partition coefficient (Wildman–Crippen LogP) is 2.15. The Labute approximate surface area is 105 Å². The van der Waals surface area contributed by atoms with Gasteiger partial charge < -0.3 is 9.84 Å². The molecule has 0 radical (unpaired) electrons. The van der Waals surface area contributed by atoms with Crippen molar-refractivity contribution in [2.45, 2.75) is 19.6 Å². The highest BCUT2D eigenvalue weighted by Crippen LogP contribution is 2.21. The first-order valence-corrected chi connectivity index (χ1v) is 5.74. The van der Waals surface area contributed by atoms with E-state index < -0.39 is 11.9 Å². The van der Waals surface area contributed by atoms with Crippen molar-refractivity contribution in [1.29, 1.82) is 0 Å². The summed E-state index contributed by atoms with van der Waals surface area (Å²) in [5.41, 5.74) is 0.534. The van der Waals surface area contributed by atoms with Gasteiger partial charge in [0.2, 0.25) is 0 Å². The number of halogens is 1. The third-order valence-electron chi connectivity index (χ3n) is 2.58. The summed E-state index contributed by atoms with van der Waals surface area (Å²) < 4.78 is 20.7. The molecule has 0 unspecified atom stereocenters. The maximum atomic E-state index is 13.6. The zero-order valence-electron chi connectivity index (χ0n) is 10.1. The SMILES string of the molecule is C[C@@H](O)c1ccc(OCCn2cccn2)c(F)c1. The summed E-state index contributed by atoms with van der Waals surface area (Å²) in [6.45, 7) is 2.49. The molecule has 96 valence electrons. The summed E-state index contributed by atoms with van der Waals surface area (Å²) in [4.78, 5) is 0. The van der Waals surface area contributed by atoms with Crippen molar-refractivity contribution in [2.75, 3.05) is 6.61 Å². The molecule has 0 saturated carbocycles. The summed E-state index contributed by atoms with van der Waals surface area (Å²) in [5.74, 6) is -0.277. The van der Waals surface area contributed by atoms with Crippen LogP contribution in [0.3, 0.4) is 0 Å². The van der Waals surface area contributed by atoms with Gasteiger partial charge in [0, 0.05) is 12.4 Å². The topological polar surface area (TPSA) is 47.3 Å². The first-order valence-electron chi connectivity index (χ1n) is 5.74. The largest absolute Gasteiger partial charge is 0.489 e. The minimum atomic E-state index is -0.683. The van der Waals surface area contributed by atoms with E-state index in [1.807, 2.05) is 12.3 Å². The van der Waals surface area contributed by atoms with Gasteiger partial charge in [-0.05, 0) is 30.7 Å². The number of aromatic nitrogens is 2. The quantitative estimate of drug-likeness (QED) is 0.884. The zero-order valence-corrected chi connectivity index (χ0v) is 10.1. The Kier molecular flexibility index (Phi) is 3.94. The second-order valence-corrected chi connectivity index (χ2v) is 3.98. The lowest BCUT2D eigenvalue weighted by molar-refractivity contribution is 0.198. The van der Waals surface area contributed by atoms with E-state index in [-0.39, 0.29) is 5.75 Å². The Bertz CT molecular complexity index is 498. The fourth-order valence-corrected chi connectivity index (χ4v) is 1.58. The number of hydrogen-bond acceptors (Lipinski definition) is 3. The molecule has 0 spiro atoms. The molecule has 0 aliphatic carbocycles. The fraction of sp³-hybridized carbons (Fsp3) is 0.308.